The van der Waals surface area contributed by atoms with Gasteiger partial charge in [-0.15, -0.1) is 11.3 Å². The molecule has 28 heavy (non-hydrogen) atoms. The fourth-order valence-corrected chi connectivity index (χ4v) is 5.04. The summed E-state index contributed by atoms with van der Waals surface area (Å²) in [7, 11) is 0. The number of fused-ring (bicyclic) bond motifs is 1. The first-order valence-corrected chi connectivity index (χ1v) is 11.1. The van der Waals surface area contributed by atoms with Gasteiger partial charge in [0.2, 0.25) is 11.8 Å². The zero-order valence-corrected chi connectivity index (χ0v) is 16.9. The van der Waals surface area contributed by atoms with E-state index in [0.717, 1.165) is 56.6 Å². The second kappa shape index (κ2) is 8.78. The summed E-state index contributed by atoms with van der Waals surface area (Å²) >= 11 is 1.83. The van der Waals surface area contributed by atoms with Crippen LogP contribution in [0.25, 0.3) is 0 Å². The van der Waals surface area contributed by atoms with E-state index in [4.69, 9.17) is 0 Å². The largest absolute Gasteiger partial charge is 0.365 e. The number of nitrogens with one attached hydrogen (secondary N) is 2. The van der Waals surface area contributed by atoms with Crippen LogP contribution in [0.4, 0.5) is 11.4 Å². The topological polar surface area (TPSA) is 61.4 Å². The molecule has 1 saturated carbocycles. The smallest absolute Gasteiger partial charge is 0.226 e. The monoisotopic (exact) mass is 397 g/mol. The minimum absolute atomic E-state index is 0.0626. The molecule has 1 aromatic carbocycles. The summed E-state index contributed by atoms with van der Waals surface area (Å²) in [6, 6.07) is 10.2. The molecule has 148 valence electrons. The molecular formula is C22H27N3O2S. The average molecular weight is 398 g/mol. The molecule has 5 nitrogen and oxygen atoms in total. The predicted molar refractivity (Wildman–Crippen MR) is 114 cm³/mol. The molecule has 1 aliphatic heterocycles. The molecule has 0 unspecified atom stereocenters. The zero-order valence-electron chi connectivity index (χ0n) is 16.1. The van der Waals surface area contributed by atoms with Crippen LogP contribution in [0.2, 0.25) is 0 Å². The molecule has 2 amide bonds. The van der Waals surface area contributed by atoms with E-state index in [1.807, 2.05) is 29.5 Å². The van der Waals surface area contributed by atoms with Gasteiger partial charge in [0.25, 0.3) is 0 Å². The first-order chi connectivity index (χ1) is 13.7. The summed E-state index contributed by atoms with van der Waals surface area (Å²) < 4.78 is 0. The zero-order chi connectivity index (χ0) is 19.3. The number of carbonyl (C=O) groups is 2. The van der Waals surface area contributed by atoms with E-state index in [-0.39, 0.29) is 17.7 Å². The second-order valence-electron chi connectivity index (χ2n) is 7.63. The maximum absolute atomic E-state index is 12.4. The van der Waals surface area contributed by atoms with Crippen LogP contribution in [-0.4, -0.2) is 24.9 Å². The SMILES string of the molecule is O=C(CCNC(=O)C1CCCC1)Nc1ccccc1N1CCc2sccc2C1. The van der Waals surface area contributed by atoms with Gasteiger partial charge >= 0.3 is 0 Å². The summed E-state index contributed by atoms with van der Waals surface area (Å²) in [4.78, 5) is 28.3. The maximum atomic E-state index is 12.4. The molecular weight excluding hydrogens is 370 g/mol. The summed E-state index contributed by atoms with van der Waals surface area (Å²) in [5.74, 6) is 0.183. The van der Waals surface area contributed by atoms with Crippen molar-refractivity contribution in [1.82, 2.24) is 5.32 Å². The van der Waals surface area contributed by atoms with Crippen molar-refractivity contribution in [2.24, 2.45) is 5.92 Å². The lowest BCUT2D eigenvalue weighted by Crippen LogP contribution is -2.32. The van der Waals surface area contributed by atoms with Gasteiger partial charge in [-0.1, -0.05) is 25.0 Å². The number of benzene rings is 1. The standard InChI is InChI=1S/C22H27N3O2S/c26-21(9-12-23-22(27)16-5-1-2-6-16)24-18-7-3-4-8-19(18)25-13-10-20-17(15-25)11-14-28-20/h3-4,7-8,11,14,16H,1-2,5-6,9-10,12-13,15H2,(H,23,27)(H,24,26). The average Bonchev–Trinajstić information content (AvgIpc) is 3.39. The summed E-state index contributed by atoms with van der Waals surface area (Å²) in [6.07, 6.45) is 5.57. The summed E-state index contributed by atoms with van der Waals surface area (Å²) in [5.41, 5.74) is 3.28. The Labute approximate surface area is 170 Å². The van der Waals surface area contributed by atoms with Gasteiger partial charge < -0.3 is 15.5 Å². The first-order valence-electron chi connectivity index (χ1n) is 10.2. The van der Waals surface area contributed by atoms with Crippen molar-refractivity contribution in [1.29, 1.82) is 0 Å². The number of para-hydroxylation sites is 2. The third-order valence-corrected chi connectivity index (χ3v) is 6.73. The number of anilines is 2. The Kier molecular flexibility index (Phi) is 5.95. The number of rotatable bonds is 6. The molecule has 1 aliphatic carbocycles. The lowest BCUT2D eigenvalue weighted by atomic mass is 10.1. The van der Waals surface area contributed by atoms with Crippen LogP contribution in [0.1, 0.15) is 42.5 Å². The van der Waals surface area contributed by atoms with Crippen LogP contribution in [0.5, 0.6) is 0 Å². The number of hydrogen-bond donors (Lipinski definition) is 2. The Bertz CT molecular complexity index is 842. The van der Waals surface area contributed by atoms with E-state index in [2.05, 4.69) is 33.0 Å². The van der Waals surface area contributed by atoms with Gasteiger partial charge in [-0.2, -0.15) is 0 Å². The van der Waals surface area contributed by atoms with Crippen molar-refractivity contribution in [2.75, 3.05) is 23.3 Å². The molecule has 0 atom stereocenters. The molecule has 0 saturated heterocycles. The molecule has 2 N–H and O–H groups in total. The van der Waals surface area contributed by atoms with Crippen molar-refractivity contribution in [3.63, 3.8) is 0 Å². The molecule has 0 bridgehead atoms. The van der Waals surface area contributed by atoms with Crippen LogP contribution in [-0.2, 0) is 22.6 Å². The Morgan fingerprint density at radius 2 is 1.96 bits per heavy atom. The highest BCUT2D eigenvalue weighted by molar-refractivity contribution is 7.10. The van der Waals surface area contributed by atoms with E-state index in [1.165, 1.54) is 10.4 Å². The first kappa shape index (κ1) is 19.0. The Balaban J connectivity index is 1.32. The van der Waals surface area contributed by atoms with Crippen molar-refractivity contribution in [3.05, 3.63) is 46.2 Å². The number of carbonyl (C=O) groups excluding carboxylic acids is 2. The van der Waals surface area contributed by atoms with Gasteiger partial charge in [-0.25, -0.2) is 0 Å². The van der Waals surface area contributed by atoms with Gasteiger partial charge in [-0.05, 0) is 48.4 Å². The number of thiophene rings is 1. The molecule has 1 aromatic heterocycles. The number of amides is 2. The summed E-state index contributed by atoms with van der Waals surface area (Å²) in [5, 5.41) is 8.11. The van der Waals surface area contributed by atoms with E-state index in [0.29, 0.717) is 13.0 Å². The third kappa shape index (κ3) is 4.38. The minimum atomic E-state index is -0.0626. The van der Waals surface area contributed by atoms with E-state index in [9.17, 15) is 9.59 Å². The second-order valence-corrected chi connectivity index (χ2v) is 8.63. The Hall–Kier alpha value is -2.34. The normalized spacial score (nSPS) is 16.6. The number of nitrogens with zero attached hydrogens (tertiary/aromatic N) is 1. The Morgan fingerprint density at radius 1 is 1.14 bits per heavy atom. The molecule has 0 radical (unpaired) electrons. The van der Waals surface area contributed by atoms with Gasteiger partial charge in [0.05, 0.1) is 11.4 Å². The van der Waals surface area contributed by atoms with Gasteiger partial charge in [0, 0.05) is 36.9 Å². The van der Waals surface area contributed by atoms with Gasteiger partial charge in [0.15, 0.2) is 0 Å². The Morgan fingerprint density at radius 3 is 2.82 bits per heavy atom. The van der Waals surface area contributed by atoms with Crippen LogP contribution in [0.3, 0.4) is 0 Å². The lowest BCUT2D eigenvalue weighted by Gasteiger charge is -2.30. The van der Waals surface area contributed by atoms with Crippen LogP contribution in [0, 0.1) is 5.92 Å². The summed E-state index contributed by atoms with van der Waals surface area (Å²) in [6.45, 7) is 2.23. The fourth-order valence-electron chi connectivity index (χ4n) is 4.15. The molecule has 4 rings (SSSR count). The van der Waals surface area contributed by atoms with Crippen molar-refractivity contribution in [2.45, 2.75) is 45.1 Å². The fraction of sp³-hybridized carbons (Fsp3) is 0.455. The van der Waals surface area contributed by atoms with E-state index in [1.54, 1.807) is 0 Å². The van der Waals surface area contributed by atoms with Crippen molar-refractivity contribution >= 4 is 34.5 Å². The van der Waals surface area contributed by atoms with Gasteiger partial charge in [-0.3, -0.25) is 9.59 Å². The van der Waals surface area contributed by atoms with Crippen LogP contribution < -0.4 is 15.5 Å². The predicted octanol–water partition coefficient (Wildman–Crippen LogP) is 3.95. The molecule has 2 heterocycles. The molecule has 0 spiro atoms. The van der Waals surface area contributed by atoms with Crippen LogP contribution in [0.15, 0.2) is 35.7 Å². The third-order valence-electron chi connectivity index (χ3n) is 5.70. The highest BCUT2D eigenvalue weighted by Gasteiger charge is 2.23. The highest BCUT2D eigenvalue weighted by Crippen LogP contribution is 2.32. The molecule has 1 fully saturated rings. The molecule has 2 aliphatic rings. The van der Waals surface area contributed by atoms with Crippen molar-refractivity contribution < 1.29 is 9.59 Å². The molecule has 2 aromatic rings. The quantitative estimate of drug-likeness (QED) is 0.776. The van der Waals surface area contributed by atoms with Crippen molar-refractivity contribution in [3.8, 4) is 0 Å². The highest BCUT2D eigenvalue weighted by atomic mass is 32.1. The molecule has 6 heteroatoms. The minimum Gasteiger partial charge on any atom is -0.365 e. The van der Waals surface area contributed by atoms with Gasteiger partial charge in [0.1, 0.15) is 0 Å². The lowest BCUT2D eigenvalue weighted by molar-refractivity contribution is -0.124. The maximum Gasteiger partial charge on any atom is 0.226 e. The van der Waals surface area contributed by atoms with E-state index >= 15 is 0 Å². The number of hydrogen-bond acceptors (Lipinski definition) is 4. The van der Waals surface area contributed by atoms with E-state index < -0.39 is 0 Å². The van der Waals surface area contributed by atoms with Crippen LogP contribution >= 0.6 is 11.3 Å².